The second-order valence-corrected chi connectivity index (χ2v) is 3.51. The van der Waals surface area contributed by atoms with Crippen LogP contribution < -0.4 is 4.74 Å². The summed E-state index contributed by atoms with van der Waals surface area (Å²) in [4.78, 5) is 4.29. The zero-order chi connectivity index (χ0) is 11.5. The summed E-state index contributed by atoms with van der Waals surface area (Å²) < 4.78 is 7.08. The minimum atomic E-state index is -0.0378. The topological polar surface area (TPSA) is 47.3 Å². The second-order valence-electron chi connectivity index (χ2n) is 3.51. The van der Waals surface area contributed by atoms with Gasteiger partial charge in [0.1, 0.15) is 5.75 Å². The first-order valence-corrected chi connectivity index (χ1v) is 5.02. The van der Waals surface area contributed by atoms with Crippen LogP contribution in [0.1, 0.15) is 5.69 Å². The molecule has 1 N–H and O–H groups in total. The Morgan fingerprint density at radius 3 is 2.81 bits per heavy atom. The van der Waals surface area contributed by atoms with Crippen LogP contribution in [-0.2, 0) is 13.7 Å². The Bertz CT molecular complexity index is 492. The maximum Gasteiger partial charge on any atom is 0.128 e. The van der Waals surface area contributed by atoms with E-state index in [2.05, 4.69) is 4.98 Å². The molecule has 0 aliphatic carbocycles. The molecular weight excluding hydrogens is 204 g/mol. The summed E-state index contributed by atoms with van der Waals surface area (Å²) in [5, 5.41) is 9.31. The fourth-order valence-corrected chi connectivity index (χ4v) is 1.71. The Kier molecular flexibility index (Phi) is 2.92. The van der Waals surface area contributed by atoms with Gasteiger partial charge in [0.05, 0.1) is 31.4 Å². The number of aliphatic hydroxyl groups excluding tert-OH is 1. The van der Waals surface area contributed by atoms with E-state index in [4.69, 9.17) is 4.74 Å². The fourth-order valence-electron chi connectivity index (χ4n) is 1.71. The quantitative estimate of drug-likeness (QED) is 0.851. The molecule has 4 nitrogen and oxygen atoms in total. The van der Waals surface area contributed by atoms with Gasteiger partial charge in [0.25, 0.3) is 0 Å². The van der Waals surface area contributed by atoms with Crippen molar-refractivity contribution in [3.63, 3.8) is 0 Å². The molecule has 0 fully saturated rings. The highest BCUT2D eigenvalue weighted by atomic mass is 16.5. The summed E-state index contributed by atoms with van der Waals surface area (Å²) in [7, 11) is 3.48. The molecule has 0 spiro atoms. The molecule has 1 heterocycles. The lowest BCUT2D eigenvalue weighted by atomic mass is 10.1. The molecule has 0 aliphatic heterocycles. The summed E-state index contributed by atoms with van der Waals surface area (Å²) in [5.74, 6) is 0.760. The lowest BCUT2D eigenvalue weighted by Crippen LogP contribution is -1.97. The Balaban J connectivity index is 2.58. The molecule has 1 aromatic heterocycles. The zero-order valence-corrected chi connectivity index (χ0v) is 9.34. The number of benzene rings is 1. The number of aliphatic hydroxyl groups is 1. The lowest BCUT2D eigenvalue weighted by molar-refractivity contribution is 0.273. The fraction of sp³-hybridized carbons (Fsp3) is 0.250. The molecular formula is C12H14N2O2. The predicted molar refractivity (Wildman–Crippen MR) is 61.1 cm³/mol. The standard InChI is InChI=1S/C12H14N2O2/c1-14-8-13-12(10(14)7-15)9-5-3-4-6-11(9)16-2/h3-6,8,15H,7H2,1-2H3. The van der Waals surface area contributed by atoms with Crippen LogP contribution in [0.4, 0.5) is 0 Å². The van der Waals surface area contributed by atoms with E-state index in [-0.39, 0.29) is 6.61 Å². The molecule has 16 heavy (non-hydrogen) atoms. The van der Waals surface area contributed by atoms with E-state index in [1.54, 1.807) is 13.4 Å². The van der Waals surface area contributed by atoms with Crippen LogP contribution in [0.25, 0.3) is 11.3 Å². The van der Waals surface area contributed by atoms with Crippen molar-refractivity contribution in [3.05, 3.63) is 36.3 Å². The van der Waals surface area contributed by atoms with Gasteiger partial charge in [-0.15, -0.1) is 0 Å². The normalized spacial score (nSPS) is 10.4. The number of nitrogens with zero attached hydrogens (tertiary/aromatic N) is 2. The second kappa shape index (κ2) is 4.37. The van der Waals surface area contributed by atoms with Gasteiger partial charge in [-0.3, -0.25) is 0 Å². The Morgan fingerprint density at radius 1 is 1.38 bits per heavy atom. The lowest BCUT2D eigenvalue weighted by Gasteiger charge is -2.07. The highest BCUT2D eigenvalue weighted by molar-refractivity contribution is 5.69. The third-order valence-electron chi connectivity index (χ3n) is 2.57. The molecule has 0 atom stereocenters. The van der Waals surface area contributed by atoms with Crippen LogP contribution in [0, 0.1) is 0 Å². The number of hydrogen-bond acceptors (Lipinski definition) is 3. The average molecular weight is 218 g/mol. The largest absolute Gasteiger partial charge is 0.496 e. The molecule has 0 bridgehead atoms. The predicted octanol–water partition coefficient (Wildman–Crippen LogP) is 1.59. The van der Waals surface area contributed by atoms with Crippen LogP contribution >= 0.6 is 0 Å². The molecule has 84 valence electrons. The van der Waals surface area contributed by atoms with Gasteiger partial charge in [-0.2, -0.15) is 0 Å². The van der Waals surface area contributed by atoms with E-state index < -0.39 is 0 Å². The van der Waals surface area contributed by atoms with Crippen molar-refractivity contribution in [3.8, 4) is 17.0 Å². The van der Waals surface area contributed by atoms with Crippen molar-refractivity contribution in [2.24, 2.45) is 7.05 Å². The highest BCUT2D eigenvalue weighted by Gasteiger charge is 2.13. The van der Waals surface area contributed by atoms with Crippen LogP contribution in [0.2, 0.25) is 0 Å². The molecule has 2 rings (SSSR count). The van der Waals surface area contributed by atoms with E-state index in [1.807, 2.05) is 35.9 Å². The summed E-state index contributed by atoms with van der Waals surface area (Å²) in [6.45, 7) is -0.0378. The first kappa shape index (κ1) is 10.7. The molecule has 1 aromatic carbocycles. The van der Waals surface area contributed by atoms with Gasteiger partial charge in [-0.1, -0.05) is 12.1 Å². The van der Waals surface area contributed by atoms with E-state index in [0.717, 1.165) is 22.7 Å². The number of imidazole rings is 1. The van der Waals surface area contributed by atoms with Gasteiger partial charge in [-0.25, -0.2) is 4.98 Å². The summed E-state index contributed by atoms with van der Waals surface area (Å²) >= 11 is 0. The molecule has 0 unspecified atom stereocenters. The van der Waals surface area contributed by atoms with Gasteiger partial charge in [0.2, 0.25) is 0 Å². The number of ether oxygens (including phenoxy) is 1. The van der Waals surface area contributed by atoms with Crippen LogP contribution in [-0.4, -0.2) is 21.8 Å². The molecule has 4 heteroatoms. The van der Waals surface area contributed by atoms with Gasteiger partial charge in [0, 0.05) is 12.6 Å². The van der Waals surface area contributed by atoms with E-state index in [9.17, 15) is 5.11 Å². The first-order valence-electron chi connectivity index (χ1n) is 5.02. The molecule has 0 aliphatic rings. The Labute approximate surface area is 94.1 Å². The summed E-state index contributed by atoms with van der Waals surface area (Å²) in [6, 6.07) is 7.64. The average Bonchev–Trinajstić information content (AvgIpc) is 2.70. The van der Waals surface area contributed by atoms with Gasteiger partial charge >= 0.3 is 0 Å². The van der Waals surface area contributed by atoms with Crippen molar-refractivity contribution in [1.82, 2.24) is 9.55 Å². The van der Waals surface area contributed by atoms with Gasteiger partial charge in [0.15, 0.2) is 0 Å². The Hall–Kier alpha value is -1.81. The van der Waals surface area contributed by atoms with Crippen LogP contribution in [0.3, 0.4) is 0 Å². The third kappa shape index (κ3) is 1.67. The smallest absolute Gasteiger partial charge is 0.128 e. The zero-order valence-electron chi connectivity index (χ0n) is 9.34. The molecule has 0 radical (unpaired) electrons. The maximum absolute atomic E-state index is 9.31. The van der Waals surface area contributed by atoms with Crippen molar-refractivity contribution in [1.29, 1.82) is 0 Å². The first-order chi connectivity index (χ1) is 7.77. The highest BCUT2D eigenvalue weighted by Crippen LogP contribution is 2.30. The monoisotopic (exact) mass is 218 g/mol. The van der Waals surface area contributed by atoms with Crippen LogP contribution in [0.5, 0.6) is 5.75 Å². The molecule has 0 saturated heterocycles. The van der Waals surface area contributed by atoms with Crippen molar-refractivity contribution >= 4 is 0 Å². The number of aryl methyl sites for hydroxylation is 1. The van der Waals surface area contributed by atoms with Gasteiger partial charge in [-0.05, 0) is 12.1 Å². The maximum atomic E-state index is 9.31. The Morgan fingerprint density at radius 2 is 2.12 bits per heavy atom. The van der Waals surface area contributed by atoms with E-state index in [0.29, 0.717) is 0 Å². The molecule has 2 aromatic rings. The van der Waals surface area contributed by atoms with E-state index >= 15 is 0 Å². The molecule has 0 saturated carbocycles. The number of hydrogen-bond donors (Lipinski definition) is 1. The minimum Gasteiger partial charge on any atom is -0.496 e. The number of methoxy groups -OCH3 is 1. The van der Waals surface area contributed by atoms with E-state index in [1.165, 1.54) is 0 Å². The minimum absolute atomic E-state index is 0.0378. The molecule has 0 amide bonds. The summed E-state index contributed by atoms with van der Waals surface area (Å²) in [6.07, 6.45) is 1.69. The third-order valence-corrected chi connectivity index (χ3v) is 2.57. The van der Waals surface area contributed by atoms with Crippen LogP contribution in [0.15, 0.2) is 30.6 Å². The van der Waals surface area contributed by atoms with Crippen molar-refractivity contribution in [2.75, 3.05) is 7.11 Å². The summed E-state index contributed by atoms with van der Waals surface area (Å²) in [5.41, 5.74) is 2.45. The number of rotatable bonds is 3. The number of para-hydroxylation sites is 1. The van der Waals surface area contributed by atoms with Gasteiger partial charge < -0.3 is 14.4 Å². The SMILES string of the molecule is COc1ccccc1-c1ncn(C)c1CO. The number of aromatic nitrogens is 2. The van der Waals surface area contributed by atoms with Crippen molar-refractivity contribution < 1.29 is 9.84 Å². The van der Waals surface area contributed by atoms with Crippen molar-refractivity contribution in [2.45, 2.75) is 6.61 Å².